The standard InChI is InChI=1S/C23H34Cl2N2O2/c1-2-3-4-5-6-7-8-9-14-28-18-22(16-27-13-12-26-19-27)29-17-20-10-11-21(24)15-23(20)25/h10-13,15,19,22H,2-9,14,16-18H2,1H3. The van der Waals surface area contributed by atoms with Gasteiger partial charge >= 0.3 is 0 Å². The second-order valence-electron chi connectivity index (χ2n) is 7.48. The normalized spacial score (nSPS) is 12.4. The zero-order valence-electron chi connectivity index (χ0n) is 17.5. The van der Waals surface area contributed by atoms with Gasteiger partial charge in [0, 0.05) is 29.0 Å². The van der Waals surface area contributed by atoms with Gasteiger partial charge in [-0.05, 0) is 24.1 Å². The quantitative estimate of drug-likeness (QED) is 0.265. The first kappa shape index (κ1) is 24.2. The van der Waals surface area contributed by atoms with E-state index in [2.05, 4.69) is 11.9 Å². The van der Waals surface area contributed by atoms with E-state index in [1.165, 1.54) is 44.9 Å². The number of unbranched alkanes of at least 4 members (excludes halogenated alkanes) is 7. The molecule has 0 N–H and O–H groups in total. The fraction of sp³-hybridized carbons (Fsp3) is 0.609. The van der Waals surface area contributed by atoms with E-state index >= 15 is 0 Å². The monoisotopic (exact) mass is 440 g/mol. The number of hydrogen-bond donors (Lipinski definition) is 0. The molecule has 0 spiro atoms. The molecule has 0 aliphatic heterocycles. The summed E-state index contributed by atoms with van der Waals surface area (Å²) in [6.45, 7) is 4.71. The van der Waals surface area contributed by atoms with Crippen LogP contribution in [0.1, 0.15) is 63.9 Å². The first-order valence-electron chi connectivity index (χ1n) is 10.8. The van der Waals surface area contributed by atoms with Gasteiger partial charge < -0.3 is 14.0 Å². The van der Waals surface area contributed by atoms with E-state index in [-0.39, 0.29) is 6.10 Å². The van der Waals surface area contributed by atoms with Crippen LogP contribution in [0.4, 0.5) is 0 Å². The maximum Gasteiger partial charge on any atom is 0.0991 e. The van der Waals surface area contributed by atoms with Gasteiger partial charge in [0.2, 0.25) is 0 Å². The Kier molecular flexibility index (Phi) is 12.4. The van der Waals surface area contributed by atoms with Crippen LogP contribution in [-0.4, -0.2) is 28.9 Å². The van der Waals surface area contributed by atoms with Gasteiger partial charge in [-0.2, -0.15) is 0 Å². The molecule has 29 heavy (non-hydrogen) atoms. The first-order valence-corrected chi connectivity index (χ1v) is 11.5. The number of nitrogens with zero attached hydrogens (tertiary/aromatic N) is 2. The van der Waals surface area contributed by atoms with Gasteiger partial charge in [0.05, 0.1) is 32.2 Å². The molecular formula is C23H34Cl2N2O2. The molecule has 2 aromatic rings. The lowest BCUT2D eigenvalue weighted by Crippen LogP contribution is -2.25. The second kappa shape index (κ2) is 14.8. The van der Waals surface area contributed by atoms with Crippen molar-refractivity contribution < 1.29 is 9.47 Å². The Bertz CT molecular complexity index is 665. The molecule has 0 fully saturated rings. The van der Waals surface area contributed by atoms with Gasteiger partial charge in [-0.3, -0.25) is 0 Å². The topological polar surface area (TPSA) is 36.3 Å². The minimum atomic E-state index is -0.0648. The van der Waals surface area contributed by atoms with Crippen molar-refractivity contribution in [2.24, 2.45) is 0 Å². The van der Waals surface area contributed by atoms with Crippen LogP contribution in [0.2, 0.25) is 10.0 Å². The van der Waals surface area contributed by atoms with Crippen molar-refractivity contribution in [3.63, 3.8) is 0 Å². The van der Waals surface area contributed by atoms with E-state index in [1.54, 1.807) is 18.6 Å². The number of benzene rings is 1. The molecule has 0 aliphatic rings. The van der Waals surface area contributed by atoms with Crippen molar-refractivity contribution in [3.8, 4) is 0 Å². The Morgan fingerprint density at radius 2 is 1.79 bits per heavy atom. The van der Waals surface area contributed by atoms with Gasteiger partial charge in [-0.25, -0.2) is 4.98 Å². The molecule has 1 aromatic carbocycles. The molecule has 6 heteroatoms. The molecule has 0 saturated heterocycles. The van der Waals surface area contributed by atoms with Crippen LogP contribution in [0.3, 0.4) is 0 Å². The van der Waals surface area contributed by atoms with E-state index in [4.69, 9.17) is 32.7 Å². The average molecular weight is 441 g/mol. The van der Waals surface area contributed by atoms with Gasteiger partial charge in [-0.15, -0.1) is 0 Å². The fourth-order valence-corrected chi connectivity index (χ4v) is 3.65. The molecule has 4 nitrogen and oxygen atoms in total. The van der Waals surface area contributed by atoms with Gasteiger partial charge in [0.25, 0.3) is 0 Å². The summed E-state index contributed by atoms with van der Waals surface area (Å²) in [5.74, 6) is 0. The maximum absolute atomic E-state index is 6.26. The van der Waals surface area contributed by atoms with E-state index in [9.17, 15) is 0 Å². The number of halogens is 2. The summed E-state index contributed by atoms with van der Waals surface area (Å²) in [4.78, 5) is 4.10. The van der Waals surface area contributed by atoms with Crippen LogP contribution in [0, 0.1) is 0 Å². The minimum absolute atomic E-state index is 0.0648. The summed E-state index contributed by atoms with van der Waals surface area (Å²) in [6, 6.07) is 5.47. The minimum Gasteiger partial charge on any atom is -0.379 e. The molecule has 0 radical (unpaired) electrons. The first-order chi connectivity index (χ1) is 14.2. The van der Waals surface area contributed by atoms with E-state index in [0.717, 1.165) is 18.6 Å². The zero-order chi connectivity index (χ0) is 20.7. The maximum atomic E-state index is 6.26. The summed E-state index contributed by atoms with van der Waals surface area (Å²) >= 11 is 12.2. The molecule has 2 rings (SSSR count). The molecule has 1 aromatic heterocycles. The van der Waals surface area contributed by atoms with Crippen LogP contribution in [0.25, 0.3) is 0 Å². The van der Waals surface area contributed by atoms with Crippen molar-refractivity contribution in [2.45, 2.75) is 77.5 Å². The molecular weight excluding hydrogens is 407 g/mol. The highest BCUT2D eigenvalue weighted by Crippen LogP contribution is 2.22. The van der Waals surface area contributed by atoms with Crippen molar-refractivity contribution >= 4 is 23.2 Å². The molecule has 1 atom stereocenters. The summed E-state index contributed by atoms with van der Waals surface area (Å²) in [5, 5.41) is 1.25. The largest absolute Gasteiger partial charge is 0.379 e. The van der Waals surface area contributed by atoms with E-state index in [0.29, 0.717) is 29.8 Å². The lowest BCUT2D eigenvalue weighted by Gasteiger charge is -2.19. The summed E-state index contributed by atoms with van der Waals surface area (Å²) in [7, 11) is 0. The molecule has 0 bridgehead atoms. The Morgan fingerprint density at radius 1 is 1.03 bits per heavy atom. The highest BCUT2D eigenvalue weighted by molar-refractivity contribution is 6.35. The van der Waals surface area contributed by atoms with Crippen LogP contribution >= 0.6 is 23.2 Å². The Balaban J connectivity index is 1.68. The van der Waals surface area contributed by atoms with Gasteiger partial charge in [0.15, 0.2) is 0 Å². The molecule has 162 valence electrons. The third-order valence-corrected chi connectivity index (χ3v) is 5.50. The molecule has 1 unspecified atom stereocenters. The fourth-order valence-electron chi connectivity index (χ4n) is 3.18. The summed E-state index contributed by atoms with van der Waals surface area (Å²) in [5.41, 5.74) is 0.926. The molecule has 0 amide bonds. The van der Waals surface area contributed by atoms with Crippen molar-refractivity contribution in [1.82, 2.24) is 9.55 Å². The van der Waals surface area contributed by atoms with E-state index in [1.807, 2.05) is 22.9 Å². The molecule has 1 heterocycles. The van der Waals surface area contributed by atoms with Crippen LogP contribution in [0.15, 0.2) is 36.9 Å². The van der Waals surface area contributed by atoms with Crippen LogP contribution < -0.4 is 0 Å². The van der Waals surface area contributed by atoms with Crippen LogP contribution in [0.5, 0.6) is 0 Å². The predicted octanol–water partition coefficient (Wildman–Crippen LogP) is 6.93. The SMILES string of the molecule is CCCCCCCCCCOCC(Cn1ccnc1)OCc1ccc(Cl)cc1Cl. The average Bonchev–Trinajstić information content (AvgIpc) is 3.21. The number of hydrogen-bond acceptors (Lipinski definition) is 3. The Hall–Kier alpha value is -1.07. The Morgan fingerprint density at radius 3 is 2.48 bits per heavy atom. The molecule has 0 aliphatic carbocycles. The highest BCUT2D eigenvalue weighted by atomic mass is 35.5. The zero-order valence-corrected chi connectivity index (χ0v) is 19.0. The third kappa shape index (κ3) is 10.5. The van der Waals surface area contributed by atoms with Gasteiger partial charge in [0.1, 0.15) is 0 Å². The van der Waals surface area contributed by atoms with Crippen molar-refractivity contribution in [3.05, 3.63) is 52.5 Å². The van der Waals surface area contributed by atoms with E-state index < -0.39 is 0 Å². The second-order valence-corrected chi connectivity index (χ2v) is 8.32. The summed E-state index contributed by atoms with van der Waals surface area (Å²) < 4.78 is 14.0. The highest BCUT2D eigenvalue weighted by Gasteiger charge is 2.12. The van der Waals surface area contributed by atoms with Crippen molar-refractivity contribution in [1.29, 1.82) is 0 Å². The number of aromatic nitrogens is 2. The number of imidazole rings is 1. The lowest BCUT2D eigenvalue weighted by atomic mass is 10.1. The van der Waals surface area contributed by atoms with Crippen LogP contribution in [-0.2, 0) is 22.6 Å². The smallest absolute Gasteiger partial charge is 0.0991 e. The van der Waals surface area contributed by atoms with Gasteiger partial charge in [-0.1, -0.05) is 81.1 Å². The summed E-state index contributed by atoms with van der Waals surface area (Å²) in [6.07, 6.45) is 15.8. The lowest BCUT2D eigenvalue weighted by molar-refractivity contribution is -0.0333. The Labute approximate surface area is 185 Å². The predicted molar refractivity (Wildman–Crippen MR) is 121 cm³/mol. The number of ether oxygens (including phenoxy) is 2. The number of rotatable bonds is 16. The molecule has 0 saturated carbocycles. The van der Waals surface area contributed by atoms with Crippen molar-refractivity contribution in [2.75, 3.05) is 13.2 Å². The third-order valence-electron chi connectivity index (χ3n) is 4.91.